The Kier molecular flexibility index (Phi) is 8.40. The summed E-state index contributed by atoms with van der Waals surface area (Å²) >= 11 is 0. The molecule has 1 aromatic rings. The van der Waals surface area contributed by atoms with Gasteiger partial charge in [-0.05, 0) is 71.8 Å². The number of methoxy groups -OCH3 is 1. The fraction of sp³-hybridized carbons (Fsp3) is 0.667. The maximum Gasteiger partial charge on any atom is 0.122 e. The van der Waals surface area contributed by atoms with Crippen LogP contribution >= 0.6 is 0 Å². The highest BCUT2D eigenvalue weighted by Crippen LogP contribution is 2.18. The molecular weight excluding hydrogens is 260 g/mol. The van der Waals surface area contributed by atoms with Gasteiger partial charge in [-0.25, -0.2) is 0 Å². The van der Waals surface area contributed by atoms with Gasteiger partial charge >= 0.3 is 0 Å². The van der Waals surface area contributed by atoms with Crippen LogP contribution in [-0.4, -0.2) is 44.2 Å². The van der Waals surface area contributed by atoms with E-state index in [-0.39, 0.29) is 0 Å². The minimum Gasteiger partial charge on any atom is -0.496 e. The van der Waals surface area contributed by atoms with E-state index in [0.29, 0.717) is 12.1 Å². The van der Waals surface area contributed by atoms with Gasteiger partial charge in [0.2, 0.25) is 0 Å². The summed E-state index contributed by atoms with van der Waals surface area (Å²) in [6, 6.07) is 9.39. The van der Waals surface area contributed by atoms with E-state index >= 15 is 0 Å². The van der Waals surface area contributed by atoms with E-state index in [1.807, 2.05) is 12.1 Å². The summed E-state index contributed by atoms with van der Waals surface area (Å²) in [4.78, 5) is 2.40. The molecule has 1 aromatic carbocycles. The second-order valence-corrected chi connectivity index (χ2v) is 6.15. The Morgan fingerprint density at radius 3 is 2.52 bits per heavy atom. The molecule has 0 aliphatic heterocycles. The molecule has 0 aromatic heterocycles. The first-order chi connectivity index (χ1) is 10.0. The minimum atomic E-state index is 0.476. The van der Waals surface area contributed by atoms with Gasteiger partial charge in [0.1, 0.15) is 5.75 Å². The van der Waals surface area contributed by atoms with Crippen LogP contribution in [0.2, 0.25) is 0 Å². The van der Waals surface area contributed by atoms with Crippen molar-refractivity contribution >= 4 is 0 Å². The zero-order chi connectivity index (χ0) is 15.7. The molecule has 3 nitrogen and oxygen atoms in total. The Hall–Kier alpha value is -1.06. The molecule has 0 saturated carbocycles. The van der Waals surface area contributed by atoms with Gasteiger partial charge in [-0.2, -0.15) is 0 Å². The lowest BCUT2D eigenvalue weighted by molar-refractivity contribution is 0.267. The van der Waals surface area contributed by atoms with Gasteiger partial charge in [-0.15, -0.1) is 0 Å². The molecule has 21 heavy (non-hydrogen) atoms. The number of benzene rings is 1. The average Bonchev–Trinajstić information content (AvgIpc) is 2.47. The van der Waals surface area contributed by atoms with Crippen molar-refractivity contribution in [2.75, 3.05) is 27.2 Å². The summed E-state index contributed by atoms with van der Waals surface area (Å²) < 4.78 is 5.40. The fourth-order valence-electron chi connectivity index (χ4n) is 2.37. The van der Waals surface area contributed by atoms with Crippen molar-refractivity contribution in [2.24, 2.45) is 0 Å². The molecular formula is C18H32N2O. The Morgan fingerprint density at radius 1 is 1.14 bits per heavy atom. The Morgan fingerprint density at radius 2 is 1.86 bits per heavy atom. The lowest BCUT2D eigenvalue weighted by Gasteiger charge is -2.21. The van der Waals surface area contributed by atoms with Gasteiger partial charge in [0.15, 0.2) is 0 Å². The topological polar surface area (TPSA) is 24.5 Å². The van der Waals surface area contributed by atoms with Crippen molar-refractivity contribution in [3.8, 4) is 5.75 Å². The molecule has 1 rings (SSSR count). The summed E-state index contributed by atoms with van der Waals surface area (Å²) in [6.45, 7) is 9.00. The summed E-state index contributed by atoms with van der Waals surface area (Å²) in [6.07, 6.45) is 3.49. The zero-order valence-electron chi connectivity index (χ0n) is 14.4. The normalized spacial score (nSPS) is 12.9. The highest BCUT2D eigenvalue weighted by atomic mass is 16.5. The van der Waals surface area contributed by atoms with Crippen LogP contribution in [0, 0.1) is 0 Å². The van der Waals surface area contributed by atoms with Crippen LogP contribution in [0.3, 0.4) is 0 Å². The molecule has 120 valence electrons. The second kappa shape index (κ2) is 9.80. The number of nitrogens with zero attached hydrogens (tertiary/aromatic N) is 1. The van der Waals surface area contributed by atoms with Gasteiger partial charge in [0.05, 0.1) is 7.11 Å². The Balaban J connectivity index is 2.21. The van der Waals surface area contributed by atoms with E-state index in [2.05, 4.69) is 50.2 Å². The first-order valence-corrected chi connectivity index (χ1v) is 8.10. The number of hydrogen-bond donors (Lipinski definition) is 1. The SMILES string of the molecule is COc1ccccc1CC(C)NCCCCN(C)C(C)C. The van der Waals surface area contributed by atoms with E-state index in [0.717, 1.165) is 18.7 Å². The summed E-state index contributed by atoms with van der Waals surface area (Å²) in [5, 5.41) is 3.61. The van der Waals surface area contributed by atoms with Gasteiger partial charge in [0, 0.05) is 12.1 Å². The summed E-state index contributed by atoms with van der Waals surface area (Å²) in [5.41, 5.74) is 1.28. The molecule has 0 aliphatic rings. The van der Waals surface area contributed by atoms with Gasteiger partial charge in [0.25, 0.3) is 0 Å². The van der Waals surface area contributed by atoms with Crippen LogP contribution < -0.4 is 10.1 Å². The molecule has 0 bridgehead atoms. The molecule has 1 atom stereocenters. The van der Waals surface area contributed by atoms with E-state index < -0.39 is 0 Å². The lowest BCUT2D eigenvalue weighted by Crippen LogP contribution is -2.31. The standard InChI is InChI=1S/C18H32N2O/c1-15(2)20(4)13-9-8-12-19-16(3)14-17-10-6-7-11-18(17)21-5/h6-7,10-11,15-16,19H,8-9,12-14H2,1-5H3. The highest BCUT2D eigenvalue weighted by molar-refractivity contribution is 5.33. The van der Waals surface area contributed by atoms with Gasteiger partial charge in [-0.1, -0.05) is 18.2 Å². The van der Waals surface area contributed by atoms with Crippen molar-refractivity contribution < 1.29 is 4.74 Å². The fourth-order valence-corrected chi connectivity index (χ4v) is 2.37. The van der Waals surface area contributed by atoms with E-state index in [1.165, 1.54) is 24.9 Å². The Labute approximate surface area is 130 Å². The van der Waals surface area contributed by atoms with Crippen molar-refractivity contribution in [1.29, 1.82) is 0 Å². The van der Waals surface area contributed by atoms with Crippen LogP contribution in [0.4, 0.5) is 0 Å². The molecule has 1 unspecified atom stereocenters. The van der Waals surface area contributed by atoms with Crippen LogP contribution in [0.15, 0.2) is 24.3 Å². The largest absolute Gasteiger partial charge is 0.496 e. The maximum absolute atomic E-state index is 5.40. The predicted octanol–water partition coefficient (Wildman–Crippen LogP) is 3.34. The van der Waals surface area contributed by atoms with Gasteiger partial charge < -0.3 is 15.0 Å². The van der Waals surface area contributed by atoms with Crippen molar-refractivity contribution in [3.05, 3.63) is 29.8 Å². The van der Waals surface area contributed by atoms with Crippen molar-refractivity contribution in [1.82, 2.24) is 10.2 Å². The van der Waals surface area contributed by atoms with Crippen LogP contribution in [-0.2, 0) is 6.42 Å². The van der Waals surface area contributed by atoms with E-state index in [1.54, 1.807) is 7.11 Å². The number of para-hydroxylation sites is 1. The molecule has 0 radical (unpaired) electrons. The number of ether oxygens (including phenoxy) is 1. The summed E-state index contributed by atoms with van der Waals surface area (Å²) in [7, 11) is 3.94. The van der Waals surface area contributed by atoms with Crippen LogP contribution in [0.25, 0.3) is 0 Å². The quantitative estimate of drug-likeness (QED) is 0.669. The van der Waals surface area contributed by atoms with Crippen molar-refractivity contribution in [2.45, 2.75) is 52.1 Å². The van der Waals surface area contributed by atoms with E-state index in [9.17, 15) is 0 Å². The predicted molar refractivity (Wildman–Crippen MR) is 91.2 cm³/mol. The molecule has 3 heteroatoms. The molecule has 0 fully saturated rings. The summed E-state index contributed by atoms with van der Waals surface area (Å²) in [5.74, 6) is 0.990. The maximum atomic E-state index is 5.40. The number of unbranched alkanes of at least 4 members (excludes halogenated alkanes) is 1. The van der Waals surface area contributed by atoms with Crippen molar-refractivity contribution in [3.63, 3.8) is 0 Å². The average molecular weight is 292 g/mol. The number of rotatable bonds is 10. The number of nitrogens with one attached hydrogen (secondary N) is 1. The first kappa shape index (κ1) is 18.0. The first-order valence-electron chi connectivity index (χ1n) is 8.10. The highest BCUT2D eigenvalue weighted by Gasteiger charge is 2.07. The third-order valence-electron chi connectivity index (χ3n) is 4.03. The molecule has 1 N–H and O–H groups in total. The molecule has 0 aliphatic carbocycles. The van der Waals surface area contributed by atoms with E-state index in [4.69, 9.17) is 4.74 Å². The third kappa shape index (κ3) is 6.96. The van der Waals surface area contributed by atoms with Gasteiger partial charge in [-0.3, -0.25) is 0 Å². The molecule has 0 heterocycles. The minimum absolute atomic E-state index is 0.476. The number of hydrogen-bond acceptors (Lipinski definition) is 3. The lowest BCUT2D eigenvalue weighted by atomic mass is 10.1. The zero-order valence-corrected chi connectivity index (χ0v) is 14.4. The monoisotopic (exact) mass is 292 g/mol. The van der Waals surface area contributed by atoms with Crippen LogP contribution in [0.5, 0.6) is 5.75 Å². The van der Waals surface area contributed by atoms with Crippen LogP contribution in [0.1, 0.15) is 39.2 Å². The smallest absolute Gasteiger partial charge is 0.122 e. The second-order valence-electron chi connectivity index (χ2n) is 6.15. The third-order valence-corrected chi connectivity index (χ3v) is 4.03. The molecule has 0 saturated heterocycles. The molecule has 0 spiro atoms. The molecule has 0 amide bonds. The Bertz CT molecular complexity index is 393.